The molecule has 0 aliphatic rings. The van der Waals surface area contributed by atoms with Crippen LogP contribution >= 0.6 is 15.9 Å². The first kappa shape index (κ1) is 14.0. The van der Waals surface area contributed by atoms with Gasteiger partial charge in [-0.3, -0.25) is 4.98 Å². The normalized spacial score (nSPS) is 11.4. The fraction of sp³-hybridized carbons (Fsp3) is 0.154. The minimum Gasteiger partial charge on any atom is -0.398 e. The zero-order valence-electron chi connectivity index (χ0n) is 10.1. The van der Waals surface area contributed by atoms with E-state index in [1.807, 2.05) is 6.07 Å². The molecule has 0 saturated carbocycles. The molecule has 100 valence electrons. The Morgan fingerprint density at radius 3 is 2.63 bits per heavy atom. The molecule has 2 N–H and O–H groups in total. The highest BCUT2D eigenvalue weighted by molar-refractivity contribution is 9.10. The van der Waals surface area contributed by atoms with E-state index in [-0.39, 0.29) is 16.3 Å². The molecule has 1 aromatic heterocycles. The number of nitrogen functional groups attached to an aromatic ring is 1. The predicted molar refractivity (Wildman–Crippen MR) is 78.5 cm³/mol. The number of sulfone groups is 1. The van der Waals surface area contributed by atoms with Gasteiger partial charge in [0.2, 0.25) is 0 Å². The molecule has 1 heterocycles. The Labute approximate surface area is 120 Å². The van der Waals surface area contributed by atoms with Gasteiger partial charge in [0.1, 0.15) is 0 Å². The van der Waals surface area contributed by atoms with Gasteiger partial charge in [-0.2, -0.15) is 0 Å². The largest absolute Gasteiger partial charge is 0.398 e. The van der Waals surface area contributed by atoms with Crippen LogP contribution in [0.25, 0.3) is 0 Å². The second-order valence-electron chi connectivity index (χ2n) is 4.07. The number of hydrogen-bond acceptors (Lipinski definition) is 4. The second kappa shape index (κ2) is 5.71. The van der Waals surface area contributed by atoms with Crippen LogP contribution < -0.4 is 5.73 Å². The van der Waals surface area contributed by atoms with Gasteiger partial charge in [0, 0.05) is 22.8 Å². The summed E-state index contributed by atoms with van der Waals surface area (Å²) in [4.78, 5) is 4.28. The number of aromatic nitrogens is 1. The molecule has 0 amide bonds. The SMILES string of the molecule is Nc1cc(Br)ccc1S(=O)(=O)CCc1ccccn1. The summed E-state index contributed by atoms with van der Waals surface area (Å²) in [6.45, 7) is 0. The Morgan fingerprint density at radius 1 is 1.21 bits per heavy atom. The number of rotatable bonds is 4. The number of halogens is 1. The quantitative estimate of drug-likeness (QED) is 0.867. The Kier molecular flexibility index (Phi) is 4.21. The Hall–Kier alpha value is -1.40. The van der Waals surface area contributed by atoms with Crippen molar-refractivity contribution in [1.82, 2.24) is 4.98 Å². The minimum atomic E-state index is -3.39. The van der Waals surface area contributed by atoms with E-state index in [0.29, 0.717) is 6.42 Å². The summed E-state index contributed by atoms with van der Waals surface area (Å²) in [7, 11) is -3.39. The van der Waals surface area contributed by atoms with Crippen molar-refractivity contribution in [3.05, 3.63) is 52.8 Å². The molecule has 19 heavy (non-hydrogen) atoms. The van der Waals surface area contributed by atoms with Crippen molar-refractivity contribution >= 4 is 31.5 Å². The average molecular weight is 341 g/mol. The van der Waals surface area contributed by atoms with Crippen molar-refractivity contribution < 1.29 is 8.42 Å². The van der Waals surface area contributed by atoms with E-state index in [1.54, 1.807) is 30.5 Å². The zero-order chi connectivity index (χ0) is 13.9. The first-order chi connectivity index (χ1) is 8.99. The number of aryl methyl sites for hydroxylation is 1. The van der Waals surface area contributed by atoms with E-state index in [2.05, 4.69) is 20.9 Å². The van der Waals surface area contributed by atoms with Crippen molar-refractivity contribution in [2.45, 2.75) is 11.3 Å². The molecule has 0 bridgehead atoms. The van der Waals surface area contributed by atoms with Gasteiger partial charge >= 0.3 is 0 Å². The van der Waals surface area contributed by atoms with Gasteiger partial charge in [-0.05, 0) is 30.3 Å². The second-order valence-corrected chi connectivity index (χ2v) is 7.07. The van der Waals surface area contributed by atoms with Crippen LogP contribution in [0.4, 0.5) is 5.69 Å². The van der Waals surface area contributed by atoms with Gasteiger partial charge in [-0.1, -0.05) is 22.0 Å². The molecule has 0 atom stereocenters. The summed E-state index contributed by atoms with van der Waals surface area (Å²) in [6.07, 6.45) is 2.02. The molecule has 0 unspecified atom stereocenters. The summed E-state index contributed by atoms with van der Waals surface area (Å²) in [5, 5.41) is 0. The summed E-state index contributed by atoms with van der Waals surface area (Å²) < 4.78 is 25.2. The fourth-order valence-corrected chi connectivity index (χ4v) is 3.47. The van der Waals surface area contributed by atoms with Gasteiger partial charge in [-0.25, -0.2) is 8.42 Å². The van der Waals surface area contributed by atoms with E-state index in [1.165, 1.54) is 6.07 Å². The lowest BCUT2D eigenvalue weighted by atomic mass is 10.3. The topological polar surface area (TPSA) is 73.1 Å². The third kappa shape index (κ3) is 3.54. The highest BCUT2D eigenvalue weighted by atomic mass is 79.9. The maximum Gasteiger partial charge on any atom is 0.180 e. The van der Waals surface area contributed by atoms with Gasteiger partial charge < -0.3 is 5.73 Å². The van der Waals surface area contributed by atoms with Crippen molar-refractivity contribution in [2.75, 3.05) is 11.5 Å². The van der Waals surface area contributed by atoms with Gasteiger partial charge in [-0.15, -0.1) is 0 Å². The van der Waals surface area contributed by atoms with Crippen LogP contribution in [0, 0.1) is 0 Å². The molecule has 0 aliphatic heterocycles. The van der Waals surface area contributed by atoms with Gasteiger partial charge in [0.05, 0.1) is 16.3 Å². The molecule has 1 aromatic carbocycles. The highest BCUT2D eigenvalue weighted by Crippen LogP contribution is 2.24. The maximum atomic E-state index is 12.2. The van der Waals surface area contributed by atoms with Crippen LogP contribution in [0.15, 0.2) is 52.0 Å². The molecule has 6 heteroatoms. The van der Waals surface area contributed by atoms with Crippen LogP contribution in [0.1, 0.15) is 5.69 Å². The predicted octanol–water partition coefficient (Wildman–Crippen LogP) is 2.44. The number of hydrogen-bond donors (Lipinski definition) is 1. The molecule has 0 saturated heterocycles. The van der Waals surface area contributed by atoms with Crippen LogP contribution in [0.3, 0.4) is 0 Å². The van der Waals surface area contributed by atoms with Crippen LogP contribution in [-0.4, -0.2) is 19.2 Å². The Balaban J connectivity index is 2.19. The number of nitrogens with two attached hydrogens (primary N) is 1. The lowest BCUT2D eigenvalue weighted by Gasteiger charge is -2.07. The van der Waals surface area contributed by atoms with E-state index < -0.39 is 9.84 Å². The first-order valence-corrected chi connectivity index (χ1v) is 8.11. The molecular weight excluding hydrogens is 328 g/mol. The number of benzene rings is 1. The average Bonchev–Trinajstić information content (AvgIpc) is 2.37. The van der Waals surface area contributed by atoms with E-state index in [0.717, 1.165) is 10.2 Å². The van der Waals surface area contributed by atoms with Crippen LogP contribution in [0.5, 0.6) is 0 Å². The number of pyridine rings is 1. The van der Waals surface area contributed by atoms with Crippen LogP contribution in [-0.2, 0) is 16.3 Å². The standard InChI is InChI=1S/C13H13BrN2O2S/c14-10-4-5-13(12(15)9-10)19(17,18)8-6-11-3-1-2-7-16-11/h1-5,7,9H,6,8,15H2. The van der Waals surface area contributed by atoms with E-state index in [9.17, 15) is 8.42 Å². The summed E-state index contributed by atoms with van der Waals surface area (Å²) in [6, 6.07) is 10.2. The fourth-order valence-electron chi connectivity index (χ4n) is 1.70. The molecule has 0 spiro atoms. The lowest BCUT2D eigenvalue weighted by Crippen LogP contribution is -2.12. The Morgan fingerprint density at radius 2 is 2.00 bits per heavy atom. The monoisotopic (exact) mass is 340 g/mol. The summed E-state index contributed by atoms with van der Waals surface area (Å²) in [5.41, 5.74) is 6.76. The lowest BCUT2D eigenvalue weighted by molar-refractivity contribution is 0.595. The molecule has 2 rings (SSSR count). The maximum absolute atomic E-state index is 12.2. The highest BCUT2D eigenvalue weighted by Gasteiger charge is 2.17. The Bertz CT molecular complexity index is 672. The van der Waals surface area contributed by atoms with E-state index >= 15 is 0 Å². The smallest absolute Gasteiger partial charge is 0.180 e. The first-order valence-electron chi connectivity index (χ1n) is 5.67. The molecular formula is C13H13BrN2O2S. The number of nitrogens with zero attached hydrogens (tertiary/aromatic N) is 1. The van der Waals surface area contributed by atoms with Gasteiger partial charge in [0.25, 0.3) is 0 Å². The molecule has 0 fully saturated rings. The molecule has 4 nitrogen and oxygen atoms in total. The molecule has 0 aliphatic carbocycles. The van der Waals surface area contributed by atoms with Crippen molar-refractivity contribution in [3.8, 4) is 0 Å². The number of anilines is 1. The third-order valence-corrected chi connectivity index (χ3v) is 4.94. The third-order valence-electron chi connectivity index (χ3n) is 2.66. The van der Waals surface area contributed by atoms with E-state index in [4.69, 9.17) is 5.73 Å². The van der Waals surface area contributed by atoms with Gasteiger partial charge in [0.15, 0.2) is 9.84 Å². The summed E-state index contributed by atoms with van der Waals surface area (Å²) >= 11 is 3.25. The van der Waals surface area contributed by atoms with Crippen molar-refractivity contribution in [2.24, 2.45) is 0 Å². The van der Waals surface area contributed by atoms with Crippen molar-refractivity contribution in [3.63, 3.8) is 0 Å². The molecule has 0 radical (unpaired) electrons. The zero-order valence-corrected chi connectivity index (χ0v) is 12.5. The summed E-state index contributed by atoms with van der Waals surface area (Å²) in [5.74, 6) is -0.00412. The minimum absolute atomic E-state index is 0.00412. The molecule has 2 aromatic rings. The van der Waals surface area contributed by atoms with Crippen molar-refractivity contribution in [1.29, 1.82) is 0 Å². The van der Waals surface area contributed by atoms with Crippen LogP contribution in [0.2, 0.25) is 0 Å².